The monoisotopic (exact) mass is 498 g/mol. The van der Waals surface area contributed by atoms with Crippen LogP contribution in [0.2, 0.25) is 0 Å². The summed E-state index contributed by atoms with van der Waals surface area (Å²) in [5, 5.41) is 1.56. The van der Waals surface area contributed by atoms with E-state index in [1.165, 1.54) is 12.3 Å². The molecule has 0 aliphatic rings. The molecule has 0 saturated carbocycles. The van der Waals surface area contributed by atoms with Crippen LogP contribution in [-0.2, 0) is 0 Å². The van der Waals surface area contributed by atoms with Gasteiger partial charge in [-0.1, -0.05) is 40.3 Å². The van der Waals surface area contributed by atoms with E-state index in [4.69, 9.17) is 0 Å². The van der Waals surface area contributed by atoms with Gasteiger partial charge in [0.25, 0.3) is 0 Å². The van der Waals surface area contributed by atoms with Crippen molar-refractivity contribution in [2.75, 3.05) is 19.0 Å². The zero-order valence-electron chi connectivity index (χ0n) is 12.0. The zero-order chi connectivity index (χ0) is 15.8. The highest BCUT2D eigenvalue weighted by Crippen LogP contribution is 2.66. The predicted octanol–water partition coefficient (Wildman–Crippen LogP) is 5.71. The Morgan fingerprint density at radius 3 is 2.20 bits per heavy atom. The lowest BCUT2D eigenvalue weighted by Gasteiger charge is -2.36. The molecule has 0 rings (SSSR count). The highest BCUT2D eigenvalue weighted by molar-refractivity contribution is 8.16. The standard InChI is InChI=1S/C8H30P12/c1-3-16-6(10)19-17-4-7(11,12)18-5(9)8(13,14)20-15-2/h5-6,15-20H,3-4,9-14H2,1-2H3. The van der Waals surface area contributed by atoms with Gasteiger partial charge in [0.15, 0.2) is 0 Å². The van der Waals surface area contributed by atoms with E-state index in [-0.39, 0.29) is 0 Å². The zero-order valence-corrected chi connectivity index (χ0v) is 25.0. The SMILES string of the molecule is CCPC(P)PPCC(P)(P)PC(P)C(P)(P)PPC. The Balaban J connectivity index is 4.17. The maximum atomic E-state index is 3.12. The summed E-state index contributed by atoms with van der Waals surface area (Å²) in [7, 11) is 25.0. The summed E-state index contributed by atoms with van der Waals surface area (Å²) in [6.45, 7) is 4.61. The van der Waals surface area contributed by atoms with Crippen molar-refractivity contribution in [3.63, 3.8) is 0 Å². The van der Waals surface area contributed by atoms with Crippen LogP contribution in [0, 0.1) is 0 Å². The molecule has 14 atom stereocenters. The largest absolute Gasteiger partial charge is 0.128 e. The molecular weight excluding hydrogens is 468 g/mol. The molecule has 0 fully saturated rings. The van der Waals surface area contributed by atoms with E-state index < -0.39 is 0 Å². The van der Waals surface area contributed by atoms with Crippen LogP contribution in [0.3, 0.4) is 0 Å². The molecule has 12 heteroatoms. The van der Waals surface area contributed by atoms with Crippen molar-refractivity contribution in [3.05, 3.63) is 0 Å². The fourth-order valence-electron chi connectivity index (χ4n) is 1.33. The van der Waals surface area contributed by atoms with Crippen LogP contribution >= 0.6 is 106 Å². The van der Waals surface area contributed by atoms with Crippen molar-refractivity contribution in [2.45, 2.75) is 26.7 Å². The minimum absolute atomic E-state index is 0.326. The Morgan fingerprint density at radius 2 is 1.70 bits per heavy atom. The third-order valence-corrected chi connectivity index (χ3v) is 24.2. The van der Waals surface area contributed by atoms with Gasteiger partial charge >= 0.3 is 0 Å². The van der Waals surface area contributed by atoms with Crippen molar-refractivity contribution < 1.29 is 0 Å². The highest BCUT2D eigenvalue weighted by Gasteiger charge is 2.31. The molecule has 0 heterocycles. The average Bonchev–Trinajstić information content (AvgIpc) is 2.28. The van der Waals surface area contributed by atoms with E-state index in [1.807, 2.05) is 0 Å². The predicted molar refractivity (Wildman–Crippen MR) is 143 cm³/mol. The van der Waals surface area contributed by atoms with E-state index in [0.717, 1.165) is 55.4 Å². The van der Waals surface area contributed by atoms with Crippen LogP contribution in [-0.4, -0.2) is 38.8 Å². The second kappa shape index (κ2) is 13.3. The third kappa shape index (κ3) is 12.5. The van der Waals surface area contributed by atoms with Gasteiger partial charge in [0.1, 0.15) is 0 Å². The minimum atomic E-state index is 0.326. The molecule has 0 aromatic heterocycles. The van der Waals surface area contributed by atoms with Crippen LogP contribution in [0.25, 0.3) is 0 Å². The Kier molecular flexibility index (Phi) is 16.8. The molecule has 0 amide bonds. The molecule has 0 aromatic carbocycles. The van der Waals surface area contributed by atoms with Gasteiger partial charge in [-0.2, -0.15) is 0 Å². The molecule has 0 bridgehead atoms. The molecule has 0 nitrogen and oxygen atoms in total. The molecule has 14 unspecified atom stereocenters. The smallest absolute Gasteiger partial charge is 0.0295 e. The number of hydrogen-bond acceptors (Lipinski definition) is 0. The Labute approximate surface area is 151 Å². The summed E-state index contributed by atoms with van der Waals surface area (Å²) in [4.78, 5) is 0. The number of rotatable bonds is 11. The van der Waals surface area contributed by atoms with Gasteiger partial charge in [0.2, 0.25) is 0 Å². The van der Waals surface area contributed by atoms with Gasteiger partial charge in [-0.25, -0.2) is 0 Å². The fraction of sp³-hybridized carbons (Fsp3) is 1.00. The fourth-order valence-corrected chi connectivity index (χ4v) is 22.9. The first-order valence-electron chi connectivity index (χ1n) is 6.24. The van der Waals surface area contributed by atoms with Gasteiger partial charge in [-0.15, -0.1) is 72.3 Å². The summed E-state index contributed by atoms with van der Waals surface area (Å²) in [5.74, 6) is 0. The molecule has 0 spiro atoms. The summed E-state index contributed by atoms with van der Waals surface area (Å²) in [6.07, 6.45) is 2.68. The van der Waals surface area contributed by atoms with E-state index >= 15 is 0 Å². The third-order valence-electron chi connectivity index (χ3n) is 2.34. The molecule has 20 heavy (non-hydrogen) atoms. The molecule has 0 radical (unpaired) electrons. The summed E-state index contributed by atoms with van der Waals surface area (Å²) < 4.78 is 0.671. The highest BCUT2D eigenvalue weighted by atomic mass is 32.0. The van der Waals surface area contributed by atoms with Gasteiger partial charge in [-0.3, -0.25) is 0 Å². The maximum Gasteiger partial charge on any atom is 0.0295 e. The Hall–Kier alpha value is 5.16. The Bertz CT molecular complexity index is 256. The summed E-state index contributed by atoms with van der Waals surface area (Å²) >= 11 is 0. The van der Waals surface area contributed by atoms with E-state index in [2.05, 4.69) is 69.0 Å². The van der Waals surface area contributed by atoms with Crippen LogP contribution < -0.4 is 0 Å². The first-order valence-corrected chi connectivity index (χ1v) is 19.0. The average molecular weight is 498 g/mol. The van der Waals surface area contributed by atoms with Crippen LogP contribution in [0.1, 0.15) is 6.92 Å². The van der Waals surface area contributed by atoms with Crippen molar-refractivity contribution in [2.24, 2.45) is 0 Å². The van der Waals surface area contributed by atoms with Gasteiger partial charge in [0.05, 0.1) is 0 Å². The molecule has 0 aliphatic carbocycles. The summed E-state index contributed by atoms with van der Waals surface area (Å²) in [6, 6.07) is 0. The van der Waals surface area contributed by atoms with Crippen molar-refractivity contribution in [1.82, 2.24) is 0 Å². The first-order chi connectivity index (χ1) is 9.14. The molecule has 0 saturated heterocycles. The minimum Gasteiger partial charge on any atom is -0.128 e. The van der Waals surface area contributed by atoms with E-state index in [1.54, 1.807) is 0 Å². The van der Waals surface area contributed by atoms with Crippen LogP contribution in [0.5, 0.6) is 0 Å². The van der Waals surface area contributed by atoms with Gasteiger partial charge < -0.3 is 0 Å². The van der Waals surface area contributed by atoms with Crippen molar-refractivity contribution in [3.8, 4) is 0 Å². The van der Waals surface area contributed by atoms with Crippen LogP contribution in [0.4, 0.5) is 0 Å². The molecule has 122 valence electrons. The van der Waals surface area contributed by atoms with Crippen molar-refractivity contribution in [1.29, 1.82) is 0 Å². The molecule has 0 N–H and O–H groups in total. The summed E-state index contributed by atoms with van der Waals surface area (Å²) in [5.41, 5.74) is 0. The van der Waals surface area contributed by atoms with Gasteiger partial charge in [0, 0.05) is 19.8 Å². The topological polar surface area (TPSA) is 0 Å². The van der Waals surface area contributed by atoms with E-state index in [9.17, 15) is 0 Å². The quantitative estimate of drug-likeness (QED) is 0.321. The lowest BCUT2D eigenvalue weighted by atomic mass is 10.9. The lowest BCUT2D eigenvalue weighted by molar-refractivity contribution is 1.22. The number of hydrogen-bond donors (Lipinski definition) is 0. The Morgan fingerprint density at radius 1 is 1.10 bits per heavy atom. The maximum absolute atomic E-state index is 3.12. The van der Waals surface area contributed by atoms with Gasteiger partial charge in [-0.05, 0) is 19.0 Å². The lowest BCUT2D eigenvalue weighted by Crippen LogP contribution is -2.19. The second-order valence-corrected chi connectivity index (χ2v) is 27.0. The molecular formula is C8H30P12. The van der Waals surface area contributed by atoms with Crippen LogP contribution in [0.15, 0.2) is 0 Å². The van der Waals surface area contributed by atoms with E-state index in [0.29, 0.717) is 14.7 Å². The van der Waals surface area contributed by atoms with Crippen molar-refractivity contribution >= 4 is 106 Å². The molecule has 0 aliphatic heterocycles. The second-order valence-electron chi connectivity index (χ2n) is 4.50. The first kappa shape index (κ1) is 25.2. The normalized spacial score (nSPS) is 19.8. The molecule has 0 aromatic rings.